The first-order chi connectivity index (χ1) is 9.20. The fourth-order valence-electron chi connectivity index (χ4n) is 1.63. The van der Waals surface area contributed by atoms with Crippen molar-refractivity contribution in [2.45, 2.75) is 12.8 Å². The van der Waals surface area contributed by atoms with Gasteiger partial charge in [-0.05, 0) is 43.3 Å². The Morgan fingerprint density at radius 2 is 2.26 bits per heavy atom. The van der Waals surface area contributed by atoms with Crippen molar-refractivity contribution < 1.29 is 9.21 Å². The number of carbonyl (C=O) groups is 1. The van der Waals surface area contributed by atoms with Crippen LogP contribution in [-0.4, -0.2) is 10.8 Å². The summed E-state index contributed by atoms with van der Waals surface area (Å²) in [7, 11) is 0. The molecule has 19 heavy (non-hydrogen) atoms. The minimum atomic E-state index is -0.881. The van der Waals surface area contributed by atoms with Crippen LogP contribution in [-0.2, 0) is 4.79 Å². The van der Waals surface area contributed by atoms with E-state index < -0.39 is 5.92 Å². The van der Waals surface area contributed by atoms with Gasteiger partial charge in [0.2, 0.25) is 0 Å². The zero-order valence-corrected chi connectivity index (χ0v) is 10.4. The van der Waals surface area contributed by atoms with Gasteiger partial charge in [0.05, 0.1) is 11.8 Å². The van der Waals surface area contributed by atoms with E-state index >= 15 is 0 Å². The molecule has 4 nitrogen and oxygen atoms in total. The molecule has 0 aliphatic rings. The molecule has 0 amide bonds. The van der Waals surface area contributed by atoms with Crippen molar-refractivity contribution >= 4 is 11.9 Å². The topological polar surface area (TPSA) is 66.9 Å². The minimum Gasteiger partial charge on any atom is -0.462 e. The molecule has 2 rings (SSSR count). The van der Waals surface area contributed by atoms with Gasteiger partial charge in [-0.1, -0.05) is 6.07 Å². The summed E-state index contributed by atoms with van der Waals surface area (Å²) < 4.78 is 5.32. The highest BCUT2D eigenvalue weighted by atomic mass is 16.3. The Kier molecular flexibility index (Phi) is 3.89. The predicted octanol–water partition coefficient (Wildman–Crippen LogP) is 2.87. The molecule has 0 fully saturated rings. The van der Waals surface area contributed by atoms with E-state index in [-0.39, 0.29) is 5.78 Å². The predicted molar refractivity (Wildman–Crippen MR) is 70.1 cm³/mol. The van der Waals surface area contributed by atoms with Gasteiger partial charge >= 0.3 is 0 Å². The second kappa shape index (κ2) is 5.78. The van der Waals surface area contributed by atoms with Gasteiger partial charge in [0, 0.05) is 6.20 Å². The SMILES string of the molecule is Cc1ccc(/C=C/C(=O)[C@H](C#N)c2ccccn2)o1. The van der Waals surface area contributed by atoms with Crippen LogP contribution >= 0.6 is 0 Å². The van der Waals surface area contributed by atoms with Crippen LogP contribution in [0.25, 0.3) is 6.08 Å². The summed E-state index contributed by atoms with van der Waals surface area (Å²) in [5, 5.41) is 9.08. The van der Waals surface area contributed by atoms with Crippen LogP contribution in [0.2, 0.25) is 0 Å². The lowest BCUT2D eigenvalue weighted by Gasteiger charge is -2.03. The summed E-state index contributed by atoms with van der Waals surface area (Å²) in [6, 6.07) is 10.7. The first-order valence-electron chi connectivity index (χ1n) is 5.79. The molecule has 0 bridgehead atoms. The van der Waals surface area contributed by atoms with Crippen molar-refractivity contribution in [3.05, 3.63) is 59.8 Å². The summed E-state index contributed by atoms with van der Waals surface area (Å²) in [5.41, 5.74) is 0.454. The fourth-order valence-corrected chi connectivity index (χ4v) is 1.63. The number of aryl methyl sites for hydroxylation is 1. The Hall–Kier alpha value is -2.67. The standard InChI is InChI=1S/C15H12N2O2/c1-11-5-6-12(19-11)7-8-15(18)13(10-16)14-4-2-3-9-17-14/h2-9,13H,1H3/b8-7+/t13-/m1/s1. The van der Waals surface area contributed by atoms with Crippen molar-refractivity contribution in [1.82, 2.24) is 4.98 Å². The van der Waals surface area contributed by atoms with Crippen molar-refractivity contribution in [3.63, 3.8) is 0 Å². The third-order valence-electron chi connectivity index (χ3n) is 2.57. The van der Waals surface area contributed by atoms with Gasteiger partial charge in [0.25, 0.3) is 0 Å². The highest BCUT2D eigenvalue weighted by molar-refractivity contribution is 5.99. The van der Waals surface area contributed by atoms with E-state index in [2.05, 4.69) is 4.98 Å². The smallest absolute Gasteiger partial charge is 0.179 e. The molecule has 4 heteroatoms. The first kappa shape index (κ1) is 12.8. The number of allylic oxidation sites excluding steroid dienone is 1. The summed E-state index contributed by atoms with van der Waals surface area (Å²) in [4.78, 5) is 16.0. The third-order valence-corrected chi connectivity index (χ3v) is 2.57. The summed E-state index contributed by atoms with van der Waals surface area (Å²) in [6.45, 7) is 1.82. The number of nitriles is 1. The number of furan rings is 1. The molecule has 0 saturated carbocycles. The number of aromatic nitrogens is 1. The summed E-state index contributed by atoms with van der Waals surface area (Å²) >= 11 is 0. The molecular weight excluding hydrogens is 240 g/mol. The zero-order chi connectivity index (χ0) is 13.7. The Bertz CT molecular complexity index is 636. The lowest BCUT2D eigenvalue weighted by Crippen LogP contribution is -2.09. The monoisotopic (exact) mass is 252 g/mol. The Balaban J connectivity index is 2.15. The molecular formula is C15H12N2O2. The second-order valence-electron chi connectivity index (χ2n) is 4.00. The van der Waals surface area contributed by atoms with E-state index in [4.69, 9.17) is 9.68 Å². The average molecular weight is 252 g/mol. The van der Waals surface area contributed by atoms with Crippen LogP contribution in [0.5, 0.6) is 0 Å². The number of pyridine rings is 1. The number of rotatable bonds is 4. The molecule has 0 aliphatic carbocycles. The Morgan fingerprint density at radius 1 is 1.42 bits per heavy atom. The van der Waals surface area contributed by atoms with Crippen molar-refractivity contribution in [3.8, 4) is 6.07 Å². The molecule has 94 valence electrons. The third kappa shape index (κ3) is 3.17. The second-order valence-corrected chi connectivity index (χ2v) is 4.00. The average Bonchev–Trinajstić information content (AvgIpc) is 2.84. The fraction of sp³-hybridized carbons (Fsp3) is 0.133. The van der Waals surface area contributed by atoms with Crippen molar-refractivity contribution in [2.75, 3.05) is 0 Å². The van der Waals surface area contributed by atoms with Crippen LogP contribution in [0, 0.1) is 18.3 Å². The largest absolute Gasteiger partial charge is 0.462 e. The lowest BCUT2D eigenvalue weighted by atomic mass is 10.0. The summed E-state index contributed by atoms with van der Waals surface area (Å²) in [5.74, 6) is 0.168. The van der Waals surface area contributed by atoms with Crippen LogP contribution in [0.1, 0.15) is 23.1 Å². The van der Waals surface area contributed by atoms with Crippen LogP contribution in [0.3, 0.4) is 0 Å². The van der Waals surface area contributed by atoms with E-state index in [0.717, 1.165) is 5.76 Å². The van der Waals surface area contributed by atoms with Gasteiger partial charge in [0.15, 0.2) is 11.7 Å². The van der Waals surface area contributed by atoms with Gasteiger partial charge in [0.1, 0.15) is 11.5 Å². The number of hydrogen-bond acceptors (Lipinski definition) is 4. The van der Waals surface area contributed by atoms with Gasteiger partial charge < -0.3 is 4.42 Å². The molecule has 0 unspecified atom stereocenters. The van der Waals surface area contributed by atoms with Crippen LogP contribution in [0.4, 0.5) is 0 Å². The molecule has 0 spiro atoms. The molecule has 2 heterocycles. The van der Waals surface area contributed by atoms with Crippen LogP contribution < -0.4 is 0 Å². The molecule has 0 aromatic carbocycles. The zero-order valence-electron chi connectivity index (χ0n) is 10.4. The van der Waals surface area contributed by atoms with E-state index in [1.54, 1.807) is 36.5 Å². The maximum atomic E-state index is 12.0. The number of nitrogens with zero attached hydrogens (tertiary/aromatic N) is 2. The molecule has 0 radical (unpaired) electrons. The molecule has 0 N–H and O–H groups in total. The van der Waals surface area contributed by atoms with E-state index in [1.807, 2.05) is 19.1 Å². The van der Waals surface area contributed by atoms with E-state index in [0.29, 0.717) is 11.5 Å². The van der Waals surface area contributed by atoms with Gasteiger partial charge in [-0.3, -0.25) is 9.78 Å². The summed E-state index contributed by atoms with van der Waals surface area (Å²) in [6.07, 6.45) is 4.47. The number of hydrogen-bond donors (Lipinski definition) is 0. The van der Waals surface area contributed by atoms with Crippen molar-refractivity contribution in [2.24, 2.45) is 0 Å². The highest BCUT2D eigenvalue weighted by Gasteiger charge is 2.18. The highest BCUT2D eigenvalue weighted by Crippen LogP contribution is 2.15. The molecule has 2 aromatic rings. The maximum Gasteiger partial charge on any atom is 0.179 e. The Morgan fingerprint density at radius 3 is 2.84 bits per heavy atom. The van der Waals surface area contributed by atoms with Crippen molar-refractivity contribution in [1.29, 1.82) is 5.26 Å². The lowest BCUT2D eigenvalue weighted by molar-refractivity contribution is -0.114. The van der Waals surface area contributed by atoms with Gasteiger partial charge in [-0.15, -0.1) is 0 Å². The van der Waals surface area contributed by atoms with Gasteiger partial charge in [-0.25, -0.2) is 0 Å². The maximum absolute atomic E-state index is 12.0. The number of carbonyl (C=O) groups excluding carboxylic acids is 1. The van der Waals surface area contributed by atoms with Crippen LogP contribution in [0.15, 0.2) is 47.0 Å². The molecule has 0 aliphatic heterocycles. The van der Waals surface area contributed by atoms with E-state index in [1.165, 1.54) is 6.08 Å². The normalized spacial score (nSPS) is 12.2. The van der Waals surface area contributed by atoms with Gasteiger partial charge in [-0.2, -0.15) is 5.26 Å². The molecule has 2 aromatic heterocycles. The van der Waals surface area contributed by atoms with E-state index in [9.17, 15) is 4.79 Å². The molecule has 1 atom stereocenters. The molecule has 0 saturated heterocycles. The first-order valence-corrected chi connectivity index (χ1v) is 5.79. The minimum absolute atomic E-state index is 0.310. The Labute approximate surface area is 111 Å². The quantitative estimate of drug-likeness (QED) is 0.785. The number of ketones is 1.